The maximum absolute atomic E-state index is 15.6. The number of halogens is 3. The lowest BCUT2D eigenvalue weighted by Gasteiger charge is -2.71. The van der Waals surface area contributed by atoms with Crippen molar-refractivity contribution in [1.29, 1.82) is 0 Å². The van der Waals surface area contributed by atoms with Gasteiger partial charge in [0.25, 0.3) is 0 Å². The number of hydrogen-bond donors (Lipinski definition) is 3. The molecule has 2 amide bonds. The zero-order valence-electron chi connectivity index (χ0n) is 35.5. The molecule has 2 spiro atoms. The molecule has 6 aliphatic carbocycles. The molecule has 4 aromatic rings. The van der Waals surface area contributed by atoms with Gasteiger partial charge in [-0.15, -0.1) is 13.2 Å². The van der Waals surface area contributed by atoms with Crippen molar-refractivity contribution in [3.63, 3.8) is 0 Å². The number of allylic oxidation sites excluding steroid dienone is 4. The highest BCUT2D eigenvalue weighted by Gasteiger charge is 2.74. The van der Waals surface area contributed by atoms with Gasteiger partial charge in [-0.05, 0) is 104 Å². The summed E-state index contributed by atoms with van der Waals surface area (Å²) >= 11 is 0. The number of nitrogens with one attached hydrogen (secondary N) is 1. The van der Waals surface area contributed by atoms with Crippen LogP contribution in [0.5, 0.6) is 5.75 Å². The van der Waals surface area contributed by atoms with Crippen LogP contribution in [0, 0.1) is 33.5 Å². The van der Waals surface area contributed by atoms with E-state index in [1.165, 1.54) is 24.3 Å². The standard InChI is InChI=1S/C52H55F3N2O5/c1-34(36-12-6-4-7-13-36)56-46(60)57(32-35-18-20-39(21-19-35)62-52(53,54)55)33-50(61)27-24-44-48(50,3)26-23-43-47(2)25-22-38(58)30-49(47)28-29-51(43,44)42(31-49)45(59)41-17-11-10-16-40(41)37-14-8-5-9-15-37/h4-21,28-29,31,34,38,43-44,58,61H,22-27,30,32-33H2,1-3H3,(H,56,60). The van der Waals surface area contributed by atoms with Crippen molar-refractivity contribution in [3.8, 4) is 16.9 Å². The molecule has 2 bridgehead atoms. The molecule has 9 atom stereocenters. The Morgan fingerprint density at radius 2 is 1.45 bits per heavy atom. The average Bonchev–Trinajstić information content (AvgIpc) is 3.53. The van der Waals surface area contributed by atoms with Gasteiger partial charge in [0.05, 0.1) is 24.3 Å². The van der Waals surface area contributed by atoms with Gasteiger partial charge in [-0.1, -0.05) is 129 Å². The summed E-state index contributed by atoms with van der Waals surface area (Å²) in [6, 6.07) is 32.0. The number of benzene rings is 4. The number of alkyl halides is 3. The van der Waals surface area contributed by atoms with E-state index in [4.69, 9.17) is 0 Å². The number of carbonyl (C=O) groups is 2. The molecule has 0 radical (unpaired) electrons. The SMILES string of the molecule is CC(NC(=O)N(Cc1ccc(OC(F)(F)F)cc1)CC1(O)CCC2C34C=CC5(C=C3C(=O)c3ccccc3-c3ccccc3)CC(O)CCC5(C)C4CCC21C)c1ccccc1. The molecular formula is C52H55F3N2O5. The normalized spacial score (nSPS) is 32.5. The zero-order chi connectivity index (χ0) is 43.7. The summed E-state index contributed by atoms with van der Waals surface area (Å²) < 4.78 is 43.2. The van der Waals surface area contributed by atoms with Crippen LogP contribution in [0.3, 0.4) is 0 Å². The molecule has 10 heteroatoms. The second-order valence-electron chi connectivity index (χ2n) is 19.2. The van der Waals surface area contributed by atoms with Crippen LogP contribution in [0.2, 0.25) is 0 Å². The number of amides is 2. The van der Waals surface area contributed by atoms with Gasteiger partial charge in [-0.2, -0.15) is 0 Å². The minimum atomic E-state index is -4.84. The smallest absolute Gasteiger partial charge is 0.406 e. The predicted octanol–water partition coefficient (Wildman–Crippen LogP) is 11.0. The first kappa shape index (κ1) is 42.1. The highest BCUT2D eigenvalue weighted by molar-refractivity contribution is 6.14. The van der Waals surface area contributed by atoms with Gasteiger partial charge in [-0.3, -0.25) is 4.79 Å². The van der Waals surface area contributed by atoms with Crippen LogP contribution in [0.25, 0.3) is 11.1 Å². The maximum Gasteiger partial charge on any atom is 0.573 e. The molecule has 3 saturated carbocycles. The molecule has 6 aliphatic rings. The van der Waals surface area contributed by atoms with E-state index >= 15 is 4.79 Å². The van der Waals surface area contributed by atoms with E-state index in [9.17, 15) is 28.2 Å². The lowest BCUT2D eigenvalue weighted by Crippen LogP contribution is -2.67. The summed E-state index contributed by atoms with van der Waals surface area (Å²) in [4.78, 5) is 31.6. The van der Waals surface area contributed by atoms with E-state index in [1.807, 2.05) is 91.9 Å². The van der Waals surface area contributed by atoms with Crippen molar-refractivity contribution < 1.29 is 37.7 Å². The Hall–Kier alpha value is -5.19. The van der Waals surface area contributed by atoms with E-state index in [0.29, 0.717) is 43.2 Å². The number of nitrogens with zero attached hydrogens (tertiary/aromatic N) is 1. The second-order valence-corrected chi connectivity index (χ2v) is 19.2. The summed E-state index contributed by atoms with van der Waals surface area (Å²) in [6.45, 7) is 6.38. The lowest BCUT2D eigenvalue weighted by atomic mass is 9.32. The first-order valence-electron chi connectivity index (χ1n) is 22.0. The van der Waals surface area contributed by atoms with E-state index in [1.54, 1.807) is 4.90 Å². The number of aliphatic hydroxyl groups excluding tert-OH is 1. The fourth-order valence-corrected chi connectivity index (χ4v) is 12.9. The number of hydrogen-bond acceptors (Lipinski definition) is 5. The lowest BCUT2D eigenvalue weighted by molar-refractivity contribution is -0.274. The monoisotopic (exact) mass is 844 g/mol. The average molecular weight is 845 g/mol. The molecule has 0 aliphatic heterocycles. The number of ketones is 1. The Morgan fingerprint density at radius 1 is 0.823 bits per heavy atom. The van der Waals surface area contributed by atoms with Crippen LogP contribution >= 0.6 is 0 Å². The van der Waals surface area contributed by atoms with E-state index in [2.05, 4.69) is 42.1 Å². The third kappa shape index (κ3) is 6.80. The number of carbonyl (C=O) groups excluding carboxylic acids is 2. The fraction of sp³-hybridized carbons (Fsp3) is 0.423. The molecule has 0 saturated heterocycles. The van der Waals surface area contributed by atoms with Crippen LogP contribution in [0.1, 0.15) is 93.2 Å². The van der Waals surface area contributed by atoms with Crippen LogP contribution in [-0.4, -0.2) is 51.5 Å². The van der Waals surface area contributed by atoms with E-state index in [0.717, 1.165) is 35.1 Å². The van der Waals surface area contributed by atoms with E-state index in [-0.39, 0.29) is 47.9 Å². The van der Waals surface area contributed by atoms with Crippen molar-refractivity contribution in [2.75, 3.05) is 6.54 Å². The first-order valence-corrected chi connectivity index (χ1v) is 22.0. The van der Waals surface area contributed by atoms with Crippen molar-refractivity contribution in [2.24, 2.45) is 33.5 Å². The first-order chi connectivity index (χ1) is 29.5. The van der Waals surface area contributed by atoms with Gasteiger partial charge in [0.15, 0.2) is 5.78 Å². The van der Waals surface area contributed by atoms with E-state index < -0.39 is 40.3 Å². The number of rotatable bonds is 10. The number of Topliss-reactive ketones (excluding diaryl/α,β-unsaturated/α-hetero) is 1. The Bertz CT molecular complexity index is 2400. The van der Waals surface area contributed by atoms with Crippen molar-refractivity contribution in [1.82, 2.24) is 10.2 Å². The Morgan fingerprint density at radius 3 is 2.16 bits per heavy atom. The van der Waals surface area contributed by atoms with Gasteiger partial charge in [0, 0.05) is 33.9 Å². The molecule has 10 rings (SSSR count). The third-order valence-corrected chi connectivity index (χ3v) is 16.1. The minimum Gasteiger partial charge on any atom is -0.406 e. The summed E-state index contributed by atoms with van der Waals surface area (Å²) in [5.74, 6) is -0.486. The highest BCUT2D eigenvalue weighted by Crippen LogP contribution is 2.78. The van der Waals surface area contributed by atoms with Gasteiger partial charge >= 0.3 is 12.4 Å². The van der Waals surface area contributed by atoms with Crippen LogP contribution < -0.4 is 10.1 Å². The number of fused-ring (bicyclic) bond motifs is 1. The Labute approximate surface area is 361 Å². The fourth-order valence-electron chi connectivity index (χ4n) is 12.9. The maximum atomic E-state index is 15.6. The zero-order valence-corrected chi connectivity index (χ0v) is 35.5. The van der Waals surface area contributed by atoms with Crippen LogP contribution in [0.15, 0.2) is 133 Å². The van der Waals surface area contributed by atoms with Gasteiger partial charge in [0.2, 0.25) is 0 Å². The molecule has 7 nitrogen and oxygen atoms in total. The molecule has 0 heterocycles. The van der Waals surface area contributed by atoms with Gasteiger partial charge in [0.1, 0.15) is 5.75 Å². The quantitative estimate of drug-likeness (QED) is 0.109. The number of urea groups is 1. The summed E-state index contributed by atoms with van der Waals surface area (Å²) in [5, 5.41) is 27.6. The van der Waals surface area contributed by atoms with Gasteiger partial charge in [-0.25, -0.2) is 4.79 Å². The topological polar surface area (TPSA) is 99.1 Å². The van der Waals surface area contributed by atoms with Crippen LogP contribution in [0.4, 0.5) is 18.0 Å². The molecule has 324 valence electrons. The molecule has 9 unspecified atom stereocenters. The minimum absolute atomic E-state index is 0.0270. The molecule has 3 N–H and O–H groups in total. The van der Waals surface area contributed by atoms with Gasteiger partial charge < -0.3 is 25.2 Å². The molecule has 4 aromatic carbocycles. The Kier molecular flexibility index (Phi) is 10.4. The molecule has 3 fully saturated rings. The van der Waals surface area contributed by atoms with Crippen molar-refractivity contribution in [3.05, 3.63) is 150 Å². The third-order valence-electron chi connectivity index (χ3n) is 16.1. The highest BCUT2D eigenvalue weighted by atomic mass is 19.4. The largest absolute Gasteiger partial charge is 0.573 e. The van der Waals surface area contributed by atoms with Crippen molar-refractivity contribution >= 4 is 11.8 Å². The number of aliphatic hydroxyl groups is 2. The summed E-state index contributed by atoms with van der Waals surface area (Å²) in [6.07, 6.45) is 5.94. The van der Waals surface area contributed by atoms with Crippen LogP contribution in [-0.2, 0) is 6.54 Å². The van der Waals surface area contributed by atoms with Crippen molar-refractivity contribution in [2.45, 2.75) is 96.4 Å². The molecule has 62 heavy (non-hydrogen) atoms. The second kappa shape index (κ2) is 15.3. The summed E-state index contributed by atoms with van der Waals surface area (Å²) in [5.41, 5.74) is 1.06. The molecular weight excluding hydrogens is 790 g/mol. The Balaban J connectivity index is 1.10. The predicted molar refractivity (Wildman–Crippen MR) is 232 cm³/mol. The molecule has 0 aromatic heterocycles. The summed E-state index contributed by atoms with van der Waals surface area (Å²) in [7, 11) is 0. The number of ether oxygens (including phenoxy) is 1.